The van der Waals surface area contributed by atoms with Crippen LogP contribution in [0.5, 0.6) is 11.5 Å². The van der Waals surface area contributed by atoms with Crippen LogP contribution in [0.3, 0.4) is 0 Å². The summed E-state index contributed by atoms with van der Waals surface area (Å²) in [6, 6.07) is 14.5. The number of halogens is 1. The third kappa shape index (κ3) is 4.00. The summed E-state index contributed by atoms with van der Waals surface area (Å²) in [6.45, 7) is 1.97. The van der Waals surface area contributed by atoms with Crippen molar-refractivity contribution >= 4 is 23.2 Å². The summed E-state index contributed by atoms with van der Waals surface area (Å²) in [5.74, 6) is 1.22. The van der Waals surface area contributed by atoms with E-state index in [0.717, 1.165) is 6.42 Å². The molecule has 0 aromatic heterocycles. The van der Waals surface area contributed by atoms with Gasteiger partial charge in [-0.1, -0.05) is 36.7 Å². The molecule has 20 heavy (non-hydrogen) atoms. The number of ether oxygens (including phenoxy) is 1. The van der Waals surface area contributed by atoms with Crippen LogP contribution in [0, 0.1) is 0 Å². The van der Waals surface area contributed by atoms with Gasteiger partial charge in [-0.25, -0.2) is 0 Å². The molecule has 0 atom stereocenters. The number of para-hydroxylation sites is 1. The average molecular weight is 290 g/mol. The van der Waals surface area contributed by atoms with E-state index in [1.54, 1.807) is 18.2 Å². The zero-order valence-electron chi connectivity index (χ0n) is 11.2. The summed E-state index contributed by atoms with van der Waals surface area (Å²) in [7, 11) is 0. The molecule has 3 nitrogen and oxygen atoms in total. The number of nitrogens with one attached hydrogen (secondary N) is 1. The molecule has 0 fully saturated rings. The van der Waals surface area contributed by atoms with Crippen molar-refractivity contribution in [1.29, 1.82) is 0 Å². The number of carbonyl (C=O) groups excluding carboxylic acids is 1. The predicted molar refractivity (Wildman–Crippen MR) is 81.5 cm³/mol. The monoisotopic (exact) mass is 289 g/mol. The van der Waals surface area contributed by atoms with Crippen LogP contribution in [0.2, 0.25) is 5.02 Å². The van der Waals surface area contributed by atoms with Gasteiger partial charge in [-0.05, 0) is 30.7 Å². The molecule has 0 spiro atoms. The molecule has 0 aliphatic heterocycles. The Morgan fingerprint density at radius 1 is 1.20 bits per heavy atom. The minimum Gasteiger partial charge on any atom is -0.456 e. The molecule has 0 saturated carbocycles. The Hall–Kier alpha value is -2.00. The first kappa shape index (κ1) is 14.4. The molecule has 1 amide bonds. The highest BCUT2D eigenvalue weighted by atomic mass is 35.5. The molecule has 0 unspecified atom stereocenters. The van der Waals surface area contributed by atoms with Crippen molar-refractivity contribution in [2.24, 2.45) is 0 Å². The minimum absolute atomic E-state index is 0.00222. The molecule has 0 bridgehead atoms. The van der Waals surface area contributed by atoms with Gasteiger partial charge in [0.1, 0.15) is 11.5 Å². The highest BCUT2D eigenvalue weighted by Gasteiger charge is 2.04. The number of carbonyl (C=O) groups is 1. The molecule has 4 heteroatoms. The van der Waals surface area contributed by atoms with E-state index < -0.39 is 0 Å². The Morgan fingerprint density at radius 3 is 2.75 bits per heavy atom. The smallest absolute Gasteiger partial charge is 0.224 e. The van der Waals surface area contributed by atoms with E-state index in [4.69, 9.17) is 16.3 Å². The fraction of sp³-hybridized carbons (Fsp3) is 0.188. The summed E-state index contributed by atoms with van der Waals surface area (Å²) >= 11 is 6.04. The Kier molecular flexibility index (Phi) is 5.02. The fourth-order valence-electron chi connectivity index (χ4n) is 1.74. The van der Waals surface area contributed by atoms with E-state index in [1.165, 1.54) is 0 Å². The molecule has 0 aliphatic carbocycles. The van der Waals surface area contributed by atoms with Crippen LogP contribution in [0.4, 0.5) is 5.69 Å². The van der Waals surface area contributed by atoms with Crippen LogP contribution >= 0.6 is 11.6 Å². The van der Waals surface area contributed by atoms with Gasteiger partial charge in [-0.15, -0.1) is 0 Å². The van der Waals surface area contributed by atoms with E-state index >= 15 is 0 Å². The first-order chi connectivity index (χ1) is 9.69. The third-order valence-electron chi connectivity index (χ3n) is 2.66. The Balaban J connectivity index is 2.10. The standard InChI is InChI=1S/C16H16ClNO2/c1-2-6-16(19)18-12-7-5-8-13(11-12)20-15-10-4-3-9-14(15)17/h3-5,7-11H,2,6H2,1H3,(H,18,19). The van der Waals surface area contributed by atoms with Gasteiger partial charge < -0.3 is 10.1 Å². The van der Waals surface area contributed by atoms with Gasteiger partial charge in [0.2, 0.25) is 5.91 Å². The van der Waals surface area contributed by atoms with Crippen LogP contribution in [-0.2, 0) is 4.79 Å². The molecule has 0 heterocycles. The second-order valence-electron chi connectivity index (χ2n) is 4.36. The largest absolute Gasteiger partial charge is 0.456 e. The lowest BCUT2D eigenvalue weighted by molar-refractivity contribution is -0.116. The van der Waals surface area contributed by atoms with E-state index in [2.05, 4.69) is 5.32 Å². The molecule has 0 radical (unpaired) electrons. The SMILES string of the molecule is CCCC(=O)Nc1cccc(Oc2ccccc2Cl)c1. The lowest BCUT2D eigenvalue weighted by Gasteiger charge is -2.09. The highest BCUT2D eigenvalue weighted by molar-refractivity contribution is 6.32. The summed E-state index contributed by atoms with van der Waals surface area (Å²) in [5.41, 5.74) is 0.716. The van der Waals surface area contributed by atoms with Crippen molar-refractivity contribution in [3.8, 4) is 11.5 Å². The summed E-state index contributed by atoms with van der Waals surface area (Å²) < 4.78 is 5.71. The second kappa shape index (κ2) is 6.96. The molecular weight excluding hydrogens is 274 g/mol. The van der Waals surface area contributed by atoms with Gasteiger partial charge in [0.15, 0.2) is 0 Å². The lowest BCUT2D eigenvalue weighted by Crippen LogP contribution is -2.10. The number of benzene rings is 2. The predicted octanol–water partition coefficient (Wildman–Crippen LogP) is 4.87. The van der Waals surface area contributed by atoms with E-state index in [1.807, 2.05) is 37.3 Å². The quantitative estimate of drug-likeness (QED) is 0.852. The topological polar surface area (TPSA) is 38.3 Å². The van der Waals surface area contributed by atoms with Gasteiger partial charge in [-0.3, -0.25) is 4.79 Å². The van der Waals surface area contributed by atoms with Crippen molar-refractivity contribution < 1.29 is 9.53 Å². The van der Waals surface area contributed by atoms with Crippen LogP contribution in [0.1, 0.15) is 19.8 Å². The summed E-state index contributed by atoms with van der Waals surface area (Å²) in [6.07, 6.45) is 1.33. The first-order valence-corrected chi connectivity index (χ1v) is 6.89. The molecule has 2 rings (SSSR count). The normalized spacial score (nSPS) is 10.1. The number of hydrogen-bond donors (Lipinski definition) is 1. The van der Waals surface area contributed by atoms with Crippen molar-refractivity contribution in [3.63, 3.8) is 0 Å². The molecule has 0 aliphatic rings. The van der Waals surface area contributed by atoms with E-state index in [-0.39, 0.29) is 5.91 Å². The Labute approximate surface area is 123 Å². The van der Waals surface area contributed by atoms with Gasteiger partial charge in [-0.2, -0.15) is 0 Å². The molecule has 1 N–H and O–H groups in total. The Morgan fingerprint density at radius 2 is 2.00 bits per heavy atom. The minimum atomic E-state index is 0.00222. The molecular formula is C16H16ClNO2. The van der Waals surface area contributed by atoms with Crippen LogP contribution in [-0.4, -0.2) is 5.91 Å². The Bertz CT molecular complexity index is 599. The third-order valence-corrected chi connectivity index (χ3v) is 2.97. The van der Waals surface area contributed by atoms with Crippen molar-refractivity contribution in [1.82, 2.24) is 0 Å². The highest BCUT2D eigenvalue weighted by Crippen LogP contribution is 2.29. The van der Waals surface area contributed by atoms with Crippen LogP contribution in [0.25, 0.3) is 0 Å². The zero-order chi connectivity index (χ0) is 14.4. The molecule has 2 aromatic carbocycles. The number of amides is 1. The van der Waals surface area contributed by atoms with E-state index in [0.29, 0.717) is 28.6 Å². The van der Waals surface area contributed by atoms with Gasteiger partial charge >= 0.3 is 0 Å². The van der Waals surface area contributed by atoms with Crippen molar-refractivity contribution in [2.75, 3.05) is 5.32 Å². The average Bonchev–Trinajstić information content (AvgIpc) is 2.42. The fourth-order valence-corrected chi connectivity index (χ4v) is 1.92. The second-order valence-corrected chi connectivity index (χ2v) is 4.77. The van der Waals surface area contributed by atoms with Crippen molar-refractivity contribution in [2.45, 2.75) is 19.8 Å². The molecule has 2 aromatic rings. The molecule has 0 saturated heterocycles. The summed E-state index contributed by atoms with van der Waals surface area (Å²) in [5, 5.41) is 3.38. The number of hydrogen-bond acceptors (Lipinski definition) is 2. The van der Waals surface area contributed by atoms with Gasteiger partial charge in [0.05, 0.1) is 5.02 Å². The van der Waals surface area contributed by atoms with Crippen molar-refractivity contribution in [3.05, 3.63) is 53.6 Å². The number of anilines is 1. The zero-order valence-corrected chi connectivity index (χ0v) is 12.0. The van der Waals surface area contributed by atoms with Crippen LogP contribution < -0.4 is 10.1 Å². The van der Waals surface area contributed by atoms with Gasteiger partial charge in [0.25, 0.3) is 0 Å². The summed E-state index contributed by atoms with van der Waals surface area (Å²) in [4.78, 5) is 11.6. The lowest BCUT2D eigenvalue weighted by atomic mass is 10.2. The first-order valence-electron chi connectivity index (χ1n) is 6.51. The van der Waals surface area contributed by atoms with Gasteiger partial charge in [0, 0.05) is 18.2 Å². The maximum atomic E-state index is 11.6. The maximum absolute atomic E-state index is 11.6. The maximum Gasteiger partial charge on any atom is 0.224 e. The number of rotatable bonds is 5. The molecule has 104 valence electrons. The van der Waals surface area contributed by atoms with E-state index in [9.17, 15) is 4.79 Å². The van der Waals surface area contributed by atoms with Crippen LogP contribution in [0.15, 0.2) is 48.5 Å².